The third kappa shape index (κ3) is 3.54. The van der Waals surface area contributed by atoms with Gasteiger partial charge in [-0.15, -0.1) is 0 Å². The first kappa shape index (κ1) is 18.6. The van der Waals surface area contributed by atoms with E-state index < -0.39 is 17.8 Å². The lowest BCUT2D eigenvalue weighted by molar-refractivity contribution is -0.122. The lowest BCUT2D eigenvalue weighted by atomic mass is 10.1. The van der Waals surface area contributed by atoms with Gasteiger partial charge in [-0.1, -0.05) is 15.9 Å². The van der Waals surface area contributed by atoms with Gasteiger partial charge in [0.15, 0.2) is 11.5 Å². The molecule has 0 aliphatic carbocycles. The van der Waals surface area contributed by atoms with E-state index in [1.165, 1.54) is 32.7 Å². The molecule has 138 valence electrons. The smallest absolute Gasteiger partial charge is 0.336 e. The van der Waals surface area contributed by atoms with Crippen LogP contribution in [0.4, 0.5) is 10.5 Å². The fraction of sp³-hybridized carbons (Fsp3) is 0.111. The third-order valence-corrected chi connectivity index (χ3v) is 4.50. The number of hydrogen-bond acceptors (Lipinski definition) is 6. The van der Waals surface area contributed by atoms with E-state index in [0.717, 1.165) is 4.90 Å². The number of carbonyl (C=O) groups is 3. The molecule has 1 N–H and O–H groups in total. The van der Waals surface area contributed by atoms with Gasteiger partial charge in [0.25, 0.3) is 11.8 Å². The summed E-state index contributed by atoms with van der Waals surface area (Å²) in [6.07, 6.45) is 4.25. The first-order valence-electron chi connectivity index (χ1n) is 7.69. The predicted octanol–water partition coefficient (Wildman–Crippen LogP) is 2.53. The molecule has 8 nitrogen and oxygen atoms in total. The number of barbiturate groups is 1. The Morgan fingerprint density at radius 1 is 1.15 bits per heavy atom. The van der Waals surface area contributed by atoms with Crippen molar-refractivity contribution in [2.24, 2.45) is 0 Å². The van der Waals surface area contributed by atoms with Gasteiger partial charge in [0.05, 0.1) is 26.1 Å². The Labute approximate surface area is 162 Å². The van der Waals surface area contributed by atoms with Crippen LogP contribution in [0, 0.1) is 0 Å². The highest BCUT2D eigenvalue weighted by atomic mass is 79.9. The second-order valence-electron chi connectivity index (χ2n) is 5.40. The number of hydrogen-bond donors (Lipinski definition) is 1. The molecule has 1 aromatic heterocycles. The Hall–Kier alpha value is -3.20. The lowest BCUT2D eigenvalue weighted by Gasteiger charge is -2.26. The standard InChI is InChI=1S/C18H14BrN3O5/c1-26-14-7-10(13(19)8-15(14)27-2)6-12-16(23)21-18(25)22(17(12)24)11-4-3-5-20-9-11/h3-9H,1-2H3,(H,21,23,25)/b12-6+. The molecule has 0 saturated carbocycles. The van der Waals surface area contributed by atoms with Crippen LogP contribution in [-0.4, -0.2) is 37.0 Å². The number of amides is 4. The largest absolute Gasteiger partial charge is 0.493 e. The Kier molecular flexibility index (Phi) is 5.22. The van der Waals surface area contributed by atoms with Crippen LogP contribution in [0.25, 0.3) is 6.08 Å². The number of ether oxygens (including phenoxy) is 2. The summed E-state index contributed by atoms with van der Waals surface area (Å²) in [5.74, 6) is -0.625. The molecule has 9 heteroatoms. The van der Waals surface area contributed by atoms with Crippen LogP contribution >= 0.6 is 15.9 Å². The molecule has 4 amide bonds. The summed E-state index contributed by atoms with van der Waals surface area (Å²) in [7, 11) is 2.97. The Morgan fingerprint density at radius 2 is 1.85 bits per heavy atom. The van der Waals surface area contributed by atoms with Crippen molar-refractivity contribution in [3.05, 3.63) is 52.3 Å². The minimum absolute atomic E-state index is 0.202. The van der Waals surface area contributed by atoms with E-state index in [1.54, 1.807) is 24.3 Å². The van der Waals surface area contributed by atoms with E-state index in [-0.39, 0.29) is 11.3 Å². The number of rotatable bonds is 4. The minimum Gasteiger partial charge on any atom is -0.493 e. The van der Waals surface area contributed by atoms with Crippen LogP contribution in [0.1, 0.15) is 5.56 Å². The van der Waals surface area contributed by atoms with E-state index in [1.807, 2.05) is 0 Å². The summed E-state index contributed by atoms with van der Waals surface area (Å²) < 4.78 is 11.0. The van der Waals surface area contributed by atoms with Gasteiger partial charge in [0, 0.05) is 10.7 Å². The summed E-state index contributed by atoms with van der Waals surface area (Å²) in [4.78, 5) is 42.0. The van der Waals surface area contributed by atoms with Crippen molar-refractivity contribution < 1.29 is 23.9 Å². The highest BCUT2D eigenvalue weighted by Crippen LogP contribution is 2.34. The summed E-state index contributed by atoms with van der Waals surface area (Å²) in [6.45, 7) is 0. The average molecular weight is 432 g/mol. The van der Waals surface area contributed by atoms with E-state index in [4.69, 9.17) is 9.47 Å². The zero-order chi connectivity index (χ0) is 19.6. The summed E-state index contributed by atoms with van der Waals surface area (Å²) in [5, 5.41) is 2.16. The normalized spacial score (nSPS) is 15.7. The molecule has 0 spiro atoms. The van der Waals surface area contributed by atoms with Crippen LogP contribution in [0.5, 0.6) is 11.5 Å². The van der Waals surface area contributed by atoms with Gasteiger partial charge in [-0.05, 0) is 35.9 Å². The maximum absolute atomic E-state index is 12.8. The first-order chi connectivity index (χ1) is 13.0. The number of anilines is 1. The van der Waals surface area contributed by atoms with E-state index in [9.17, 15) is 14.4 Å². The SMILES string of the molecule is COc1cc(Br)c(/C=C2\C(=O)NC(=O)N(c3cccnc3)C2=O)cc1OC. The summed E-state index contributed by atoms with van der Waals surface area (Å²) in [5.41, 5.74) is 0.558. The number of halogens is 1. The fourth-order valence-electron chi connectivity index (χ4n) is 2.51. The molecule has 1 fully saturated rings. The van der Waals surface area contributed by atoms with Crippen molar-refractivity contribution in [2.45, 2.75) is 0 Å². The zero-order valence-electron chi connectivity index (χ0n) is 14.4. The quantitative estimate of drug-likeness (QED) is 0.589. The van der Waals surface area contributed by atoms with Gasteiger partial charge in [-0.2, -0.15) is 0 Å². The first-order valence-corrected chi connectivity index (χ1v) is 8.48. The second-order valence-corrected chi connectivity index (χ2v) is 6.25. The van der Waals surface area contributed by atoms with E-state index in [0.29, 0.717) is 21.5 Å². The van der Waals surface area contributed by atoms with Crippen LogP contribution in [0.15, 0.2) is 46.7 Å². The van der Waals surface area contributed by atoms with E-state index >= 15 is 0 Å². The number of nitrogens with zero attached hydrogens (tertiary/aromatic N) is 2. The summed E-state index contributed by atoms with van der Waals surface area (Å²) in [6, 6.07) is 5.56. The van der Waals surface area contributed by atoms with Crippen LogP contribution < -0.4 is 19.7 Å². The molecule has 2 heterocycles. The number of pyridine rings is 1. The molecule has 0 atom stereocenters. The van der Waals surface area contributed by atoms with Crippen molar-refractivity contribution in [2.75, 3.05) is 19.1 Å². The number of benzene rings is 1. The molecule has 1 aliphatic heterocycles. The molecular formula is C18H14BrN3O5. The van der Waals surface area contributed by atoms with Crippen molar-refractivity contribution in [1.29, 1.82) is 0 Å². The molecule has 3 rings (SSSR count). The van der Waals surface area contributed by atoms with Gasteiger partial charge in [0.1, 0.15) is 5.57 Å². The average Bonchev–Trinajstić information content (AvgIpc) is 2.66. The highest BCUT2D eigenvalue weighted by molar-refractivity contribution is 9.10. The van der Waals surface area contributed by atoms with Gasteiger partial charge in [-0.25, -0.2) is 9.69 Å². The minimum atomic E-state index is -0.832. The molecule has 1 saturated heterocycles. The third-order valence-electron chi connectivity index (χ3n) is 3.81. The number of methoxy groups -OCH3 is 2. The van der Waals surface area contributed by atoms with Gasteiger partial charge < -0.3 is 9.47 Å². The van der Waals surface area contributed by atoms with E-state index in [2.05, 4.69) is 26.2 Å². The maximum atomic E-state index is 12.8. The highest BCUT2D eigenvalue weighted by Gasteiger charge is 2.37. The predicted molar refractivity (Wildman–Crippen MR) is 100 cm³/mol. The number of imide groups is 2. The van der Waals surface area contributed by atoms with Gasteiger partial charge >= 0.3 is 6.03 Å². The molecule has 27 heavy (non-hydrogen) atoms. The van der Waals surface area contributed by atoms with Crippen LogP contribution in [-0.2, 0) is 9.59 Å². The van der Waals surface area contributed by atoms with Gasteiger partial charge in [0.2, 0.25) is 0 Å². The lowest BCUT2D eigenvalue weighted by Crippen LogP contribution is -2.54. The number of nitrogens with one attached hydrogen (secondary N) is 1. The van der Waals surface area contributed by atoms with Crippen LogP contribution in [0.2, 0.25) is 0 Å². The van der Waals surface area contributed by atoms with Crippen molar-refractivity contribution in [3.63, 3.8) is 0 Å². The molecule has 0 bridgehead atoms. The van der Waals surface area contributed by atoms with Crippen LogP contribution in [0.3, 0.4) is 0 Å². The molecule has 2 aromatic rings. The monoisotopic (exact) mass is 431 g/mol. The maximum Gasteiger partial charge on any atom is 0.336 e. The Bertz CT molecular complexity index is 959. The van der Waals surface area contributed by atoms with Gasteiger partial charge in [-0.3, -0.25) is 19.9 Å². The number of carbonyl (C=O) groups excluding carboxylic acids is 3. The Balaban J connectivity index is 2.06. The Morgan fingerprint density at radius 3 is 2.48 bits per heavy atom. The molecule has 1 aromatic carbocycles. The molecule has 1 aliphatic rings. The fourth-order valence-corrected chi connectivity index (χ4v) is 2.95. The molecule has 0 radical (unpaired) electrons. The topological polar surface area (TPSA) is 97.8 Å². The molecular weight excluding hydrogens is 418 g/mol. The zero-order valence-corrected chi connectivity index (χ0v) is 15.9. The number of urea groups is 1. The molecule has 0 unspecified atom stereocenters. The summed E-state index contributed by atoms with van der Waals surface area (Å²) >= 11 is 3.38. The number of aromatic nitrogens is 1. The van der Waals surface area contributed by atoms with Crippen molar-refractivity contribution in [3.8, 4) is 11.5 Å². The van der Waals surface area contributed by atoms with Crippen molar-refractivity contribution in [1.82, 2.24) is 10.3 Å². The second kappa shape index (κ2) is 7.58. The van der Waals surface area contributed by atoms with Crippen molar-refractivity contribution >= 4 is 45.5 Å².